The Bertz CT molecular complexity index is 290. The molecule has 6 heteroatoms. The number of hydrogen-bond donors (Lipinski definition) is 1. The molecule has 0 rings (SSSR count). The topological polar surface area (TPSA) is 53.0 Å². The third-order valence-electron chi connectivity index (χ3n) is 3.89. The predicted octanol–water partition coefficient (Wildman–Crippen LogP) is 2.55. The Morgan fingerprint density at radius 2 is 1.68 bits per heavy atom. The average molecular weight is 290 g/mol. The number of likely N-dealkylation sites (N-methyl/N-ethyl adjacent to an activating group) is 2. The molecule has 0 saturated heterocycles. The molecule has 19 heavy (non-hydrogen) atoms. The standard InChI is InChI=1S/C13H30N2O3Si/c1-13(2,3)19(6,7)18-11-10-14(4)8-9-15(5)12(16)17/h8-11H2,1-7H3,(H,16,17). The van der Waals surface area contributed by atoms with Crippen molar-refractivity contribution in [1.29, 1.82) is 0 Å². The molecule has 1 N–H and O–H groups in total. The largest absolute Gasteiger partial charge is 0.465 e. The van der Waals surface area contributed by atoms with Crippen molar-refractivity contribution in [1.82, 2.24) is 9.80 Å². The van der Waals surface area contributed by atoms with E-state index in [9.17, 15) is 4.79 Å². The molecule has 0 spiro atoms. The molecule has 0 fully saturated rings. The number of carbonyl (C=O) groups is 1. The van der Waals surface area contributed by atoms with Gasteiger partial charge in [0.15, 0.2) is 8.32 Å². The third kappa shape index (κ3) is 6.94. The van der Waals surface area contributed by atoms with E-state index in [1.54, 1.807) is 7.05 Å². The van der Waals surface area contributed by atoms with Gasteiger partial charge in [-0.25, -0.2) is 4.79 Å². The van der Waals surface area contributed by atoms with Crippen molar-refractivity contribution in [2.45, 2.75) is 38.9 Å². The second kappa shape index (κ2) is 7.26. The fourth-order valence-corrected chi connectivity index (χ4v) is 2.24. The summed E-state index contributed by atoms with van der Waals surface area (Å²) in [6, 6.07) is 0. The molecular weight excluding hydrogens is 260 g/mol. The molecule has 0 aromatic heterocycles. The van der Waals surface area contributed by atoms with Gasteiger partial charge in [-0.1, -0.05) is 20.8 Å². The van der Waals surface area contributed by atoms with Crippen molar-refractivity contribution < 1.29 is 14.3 Å². The van der Waals surface area contributed by atoms with Crippen molar-refractivity contribution in [2.75, 3.05) is 40.3 Å². The van der Waals surface area contributed by atoms with Crippen molar-refractivity contribution in [3.63, 3.8) is 0 Å². The van der Waals surface area contributed by atoms with Gasteiger partial charge in [-0.2, -0.15) is 0 Å². The lowest BCUT2D eigenvalue weighted by Gasteiger charge is -2.36. The van der Waals surface area contributed by atoms with Crippen LogP contribution in [0.5, 0.6) is 0 Å². The van der Waals surface area contributed by atoms with E-state index in [4.69, 9.17) is 9.53 Å². The first-order chi connectivity index (χ1) is 8.47. The molecule has 0 aliphatic carbocycles. The Balaban J connectivity index is 3.93. The summed E-state index contributed by atoms with van der Waals surface area (Å²) in [5.74, 6) is 0. The van der Waals surface area contributed by atoms with E-state index in [0.717, 1.165) is 13.1 Å². The van der Waals surface area contributed by atoms with Crippen LogP contribution in [-0.4, -0.2) is 69.7 Å². The quantitative estimate of drug-likeness (QED) is 0.732. The van der Waals surface area contributed by atoms with Gasteiger partial charge in [0.2, 0.25) is 0 Å². The van der Waals surface area contributed by atoms with E-state index in [2.05, 4.69) is 38.8 Å². The lowest BCUT2D eigenvalue weighted by molar-refractivity contribution is 0.148. The van der Waals surface area contributed by atoms with Crippen LogP contribution in [-0.2, 0) is 4.43 Å². The molecule has 0 radical (unpaired) electrons. The zero-order valence-corrected chi connectivity index (χ0v) is 14.5. The number of carboxylic acid groups (broad SMARTS) is 1. The molecule has 0 aromatic rings. The van der Waals surface area contributed by atoms with Gasteiger partial charge in [-0.05, 0) is 25.2 Å². The number of rotatable bonds is 7. The summed E-state index contributed by atoms with van der Waals surface area (Å²) >= 11 is 0. The van der Waals surface area contributed by atoms with Gasteiger partial charge in [0.1, 0.15) is 0 Å². The Labute approximate surface area is 118 Å². The highest BCUT2D eigenvalue weighted by atomic mass is 28.4. The SMILES string of the molecule is CN(CCO[Si](C)(C)C(C)(C)C)CCN(C)C(=O)O. The molecule has 0 bridgehead atoms. The molecule has 0 aliphatic heterocycles. The van der Waals surface area contributed by atoms with Gasteiger partial charge in [-0.3, -0.25) is 0 Å². The Kier molecular flexibility index (Phi) is 7.03. The lowest BCUT2D eigenvalue weighted by Crippen LogP contribution is -2.43. The molecule has 0 aliphatic rings. The summed E-state index contributed by atoms with van der Waals surface area (Å²) < 4.78 is 6.09. The van der Waals surface area contributed by atoms with Gasteiger partial charge >= 0.3 is 6.09 Å². The number of nitrogens with zero attached hydrogens (tertiary/aromatic N) is 2. The first-order valence-electron chi connectivity index (χ1n) is 6.74. The fourth-order valence-electron chi connectivity index (χ4n) is 1.20. The van der Waals surface area contributed by atoms with E-state index in [1.807, 2.05) is 7.05 Å². The maximum atomic E-state index is 10.7. The van der Waals surface area contributed by atoms with E-state index >= 15 is 0 Å². The van der Waals surface area contributed by atoms with Crippen LogP contribution in [0.3, 0.4) is 0 Å². The normalized spacial score (nSPS) is 12.8. The fraction of sp³-hybridized carbons (Fsp3) is 0.923. The maximum Gasteiger partial charge on any atom is 0.407 e. The summed E-state index contributed by atoms with van der Waals surface area (Å²) in [5.41, 5.74) is 0. The van der Waals surface area contributed by atoms with E-state index < -0.39 is 14.4 Å². The van der Waals surface area contributed by atoms with Crippen LogP contribution >= 0.6 is 0 Å². The minimum Gasteiger partial charge on any atom is -0.465 e. The van der Waals surface area contributed by atoms with Gasteiger partial charge in [0, 0.05) is 33.3 Å². The molecule has 0 saturated carbocycles. The summed E-state index contributed by atoms with van der Waals surface area (Å²) in [7, 11) is 1.91. The smallest absolute Gasteiger partial charge is 0.407 e. The molecule has 0 aromatic carbocycles. The lowest BCUT2D eigenvalue weighted by atomic mass is 10.2. The zero-order chi connectivity index (χ0) is 15.3. The predicted molar refractivity (Wildman–Crippen MR) is 81.3 cm³/mol. The minimum absolute atomic E-state index is 0.231. The van der Waals surface area contributed by atoms with Gasteiger partial charge in [-0.15, -0.1) is 0 Å². The van der Waals surface area contributed by atoms with Crippen molar-refractivity contribution >= 4 is 14.4 Å². The molecular formula is C13H30N2O3Si. The monoisotopic (exact) mass is 290 g/mol. The van der Waals surface area contributed by atoms with Crippen LogP contribution in [0.15, 0.2) is 0 Å². The highest BCUT2D eigenvalue weighted by molar-refractivity contribution is 6.74. The van der Waals surface area contributed by atoms with Crippen LogP contribution in [0.2, 0.25) is 18.1 Å². The average Bonchev–Trinajstić information content (AvgIpc) is 2.23. The van der Waals surface area contributed by atoms with E-state index in [0.29, 0.717) is 13.2 Å². The first kappa shape index (κ1) is 18.4. The maximum absolute atomic E-state index is 10.7. The molecule has 0 atom stereocenters. The molecule has 1 amide bonds. The Hall–Kier alpha value is -0.593. The number of amides is 1. The van der Waals surface area contributed by atoms with Gasteiger partial charge in [0.25, 0.3) is 0 Å². The Morgan fingerprint density at radius 3 is 2.11 bits per heavy atom. The number of hydrogen-bond acceptors (Lipinski definition) is 3. The third-order valence-corrected chi connectivity index (χ3v) is 8.42. The van der Waals surface area contributed by atoms with E-state index in [-0.39, 0.29) is 5.04 Å². The van der Waals surface area contributed by atoms with Crippen molar-refractivity contribution in [3.05, 3.63) is 0 Å². The van der Waals surface area contributed by atoms with Crippen LogP contribution in [0.1, 0.15) is 20.8 Å². The van der Waals surface area contributed by atoms with Gasteiger partial charge in [0.05, 0.1) is 0 Å². The van der Waals surface area contributed by atoms with Crippen LogP contribution in [0.4, 0.5) is 4.79 Å². The minimum atomic E-state index is -1.67. The highest BCUT2D eigenvalue weighted by Crippen LogP contribution is 2.36. The zero-order valence-electron chi connectivity index (χ0n) is 13.5. The molecule has 114 valence electrons. The molecule has 5 nitrogen and oxygen atoms in total. The molecule has 0 unspecified atom stereocenters. The van der Waals surface area contributed by atoms with Crippen molar-refractivity contribution in [3.8, 4) is 0 Å². The van der Waals surface area contributed by atoms with Gasteiger partial charge < -0.3 is 19.3 Å². The summed E-state index contributed by atoms with van der Waals surface area (Å²) in [5, 5.41) is 8.99. The Morgan fingerprint density at radius 1 is 1.16 bits per heavy atom. The summed E-state index contributed by atoms with van der Waals surface area (Å²) in [6.07, 6.45) is -0.883. The molecule has 0 heterocycles. The second-order valence-corrected chi connectivity index (χ2v) is 11.4. The van der Waals surface area contributed by atoms with Crippen LogP contribution in [0.25, 0.3) is 0 Å². The van der Waals surface area contributed by atoms with E-state index in [1.165, 1.54) is 4.90 Å². The summed E-state index contributed by atoms with van der Waals surface area (Å²) in [4.78, 5) is 14.1. The van der Waals surface area contributed by atoms with Crippen molar-refractivity contribution in [2.24, 2.45) is 0 Å². The summed E-state index contributed by atoms with van der Waals surface area (Å²) in [6.45, 7) is 14.0. The first-order valence-corrected chi connectivity index (χ1v) is 9.65. The highest BCUT2D eigenvalue weighted by Gasteiger charge is 2.36. The second-order valence-electron chi connectivity index (χ2n) is 6.62. The van der Waals surface area contributed by atoms with Crippen LogP contribution < -0.4 is 0 Å². The van der Waals surface area contributed by atoms with Crippen LogP contribution in [0, 0.1) is 0 Å².